The van der Waals surface area contributed by atoms with E-state index >= 15 is 0 Å². The van der Waals surface area contributed by atoms with Crippen LogP contribution in [0.4, 0.5) is 0 Å². The summed E-state index contributed by atoms with van der Waals surface area (Å²) in [5.41, 5.74) is 1.34. The first kappa shape index (κ1) is 12.7. The fourth-order valence-corrected chi connectivity index (χ4v) is 3.60. The van der Waals surface area contributed by atoms with E-state index < -0.39 is 0 Å². The van der Waals surface area contributed by atoms with E-state index in [9.17, 15) is 0 Å². The molecule has 1 N–H and O–H groups in total. The molecule has 1 aromatic carbocycles. The Bertz CT molecular complexity index is 425. The van der Waals surface area contributed by atoms with Crippen molar-refractivity contribution in [2.45, 2.75) is 38.3 Å². The van der Waals surface area contributed by atoms with Gasteiger partial charge in [-0.05, 0) is 48.8 Å². The van der Waals surface area contributed by atoms with Crippen molar-refractivity contribution in [3.63, 3.8) is 0 Å². The predicted octanol–water partition coefficient (Wildman–Crippen LogP) is 3.53. The van der Waals surface area contributed by atoms with Gasteiger partial charge in [-0.15, -0.1) is 0 Å². The molecule has 2 saturated carbocycles. The van der Waals surface area contributed by atoms with Crippen molar-refractivity contribution >= 4 is 0 Å². The topological polar surface area (TPSA) is 21.3 Å². The molecule has 3 rings (SSSR count). The molecule has 0 saturated heterocycles. The van der Waals surface area contributed by atoms with Crippen molar-refractivity contribution in [3.05, 3.63) is 42.5 Å². The van der Waals surface area contributed by atoms with E-state index in [1.165, 1.54) is 31.2 Å². The number of fused-ring (bicyclic) bond motifs is 2. The molecule has 3 atom stereocenters. The third-order valence-corrected chi connectivity index (χ3v) is 4.60. The summed E-state index contributed by atoms with van der Waals surface area (Å²) < 4.78 is 5.49. The molecule has 1 aromatic rings. The van der Waals surface area contributed by atoms with E-state index in [-0.39, 0.29) is 0 Å². The van der Waals surface area contributed by atoms with Gasteiger partial charge in [0.15, 0.2) is 0 Å². The summed E-state index contributed by atoms with van der Waals surface area (Å²) in [6.45, 7) is 5.20. The average Bonchev–Trinajstić information content (AvgIpc) is 3.06. The lowest BCUT2D eigenvalue weighted by atomic mass is 9.95. The van der Waals surface area contributed by atoms with E-state index in [4.69, 9.17) is 4.74 Å². The SMILES string of the molecule is C=CCOc1ccc(CNC2CC3CCC2C3)cc1. The van der Waals surface area contributed by atoms with Gasteiger partial charge in [0.2, 0.25) is 0 Å². The molecule has 2 nitrogen and oxygen atoms in total. The van der Waals surface area contributed by atoms with Gasteiger partial charge in [0, 0.05) is 12.6 Å². The Kier molecular flexibility index (Phi) is 3.88. The summed E-state index contributed by atoms with van der Waals surface area (Å²) in [6.07, 6.45) is 7.54. The maximum Gasteiger partial charge on any atom is 0.119 e. The summed E-state index contributed by atoms with van der Waals surface area (Å²) in [6, 6.07) is 9.15. The van der Waals surface area contributed by atoms with Gasteiger partial charge in [-0.3, -0.25) is 0 Å². The Balaban J connectivity index is 1.48. The van der Waals surface area contributed by atoms with Crippen LogP contribution in [0, 0.1) is 11.8 Å². The quantitative estimate of drug-likeness (QED) is 0.787. The van der Waals surface area contributed by atoms with Gasteiger partial charge in [-0.1, -0.05) is 31.2 Å². The zero-order valence-corrected chi connectivity index (χ0v) is 11.5. The van der Waals surface area contributed by atoms with E-state index in [1.54, 1.807) is 6.08 Å². The number of nitrogens with one attached hydrogen (secondary N) is 1. The Morgan fingerprint density at radius 2 is 2.05 bits per heavy atom. The number of rotatable bonds is 6. The summed E-state index contributed by atoms with van der Waals surface area (Å²) in [7, 11) is 0. The molecule has 3 unspecified atom stereocenters. The van der Waals surface area contributed by atoms with Crippen LogP contribution in [0.1, 0.15) is 31.2 Å². The smallest absolute Gasteiger partial charge is 0.119 e. The highest BCUT2D eigenvalue weighted by Crippen LogP contribution is 2.44. The highest BCUT2D eigenvalue weighted by atomic mass is 16.5. The normalized spacial score (nSPS) is 28.5. The Morgan fingerprint density at radius 1 is 1.21 bits per heavy atom. The van der Waals surface area contributed by atoms with Crippen LogP contribution in [-0.4, -0.2) is 12.6 Å². The van der Waals surface area contributed by atoms with Gasteiger partial charge in [0.25, 0.3) is 0 Å². The molecule has 19 heavy (non-hydrogen) atoms. The minimum atomic E-state index is 0.572. The minimum absolute atomic E-state index is 0.572. The van der Waals surface area contributed by atoms with Crippen molar-refractivity contribution in [2.24, 2.45) is 11.8 Å². The van der Waals surface area contributed by atoms with Crippen molar-refractivity contribution in [1.29, 1.82) is 0 Å². The first-order valence-electron chi connectivity index (χ1n) is 7.41. The van der Waals surface area contributed by atoms with Crippen LogP contribution in [-0.2, 0) is 6.54 Å². The number of hydrogen-bond donors (Lipinski definition) is 1. The highest BCUT2D eigenvalue weighted by molar-refractivity contribution is 5.27. The molecule has 2 fully saturated rings. The van der Waals surface area contributed by atoms with Crippen LogP contribution in [0.3, 0.4) is 0 Å². The number of benzene rings is 1. The minimum Gasteiger partial charge on any atom is -0.490 e. The third kappa shape index (κ3) is 3.01. The van der Waals surface area contributed by atoms with Crippen LogP contribution in [0.2, 0.25) is 0 Å². The molecule has 2 heteroatoms. The standard InChI is InChI=1S/C17H23NO/c1-2-9-19-16-7-4-13(5-8-16)12-18-17-11-14-3-6-15(17)10-14/h2,4-5,7-8,14-15,17-18H,1,3,6,9-12H2. The largest absolute Gasteiger partial charge is 0.490 e. The van der Waals surface area contributed by atoms with E-state index in [2.05, 4.69) is 24.0 Å². The third-order valence-electron chi connectivity index (χ3n) is 4.60. The molecular formula is C17H23NO. The molecule has 0 spiro atoms. The van der Waals surface area contributed by atoms with Crippen LogP contribution < -0.4 is 10.1 Å². The molecule has 0 aromatic heterocycles. The maximum atomic E-state index is 5.49. The molecule has 0 aliphatic heterocycles. The Hall–Kier alpha value is -1.28. The van der Waals surface area contributed by atoms with Crippen molar-refractivity contribution in [3.8, 4) is 5.75 Å². The van der Waals surface area contributed by atoms with Crippen molar-refractivity contribution < 1.29 is 4.74 Å². The predicted molar refractivity (Wildman–Crippen MR) is 78.2 cm³/mol. The fraction of sp³-hybridized carbons (Fsp3) is 0.529. The van der Waals surface area contributed by atoms with Gasteiger partial charge in [-0.25, -0.2) is 0 Å². The van der Waals surface area contributed by atoms with Gasteiger partial charge in [0.1, 0.15) is 12.4 Å². The van der Waals surface area contributed by atoms with E-state index in [1.807, 2.05) is 12.1 Å². The van der Waals surface area contributed by atoms with Crippen LogP contribution in [0.15, 0.2) is 36.9 Å². The highest BCUT2D eigenvalue weighted by Gasteiger charge is 2.38. The summed E-state index contributed by atoms with van der Waals surface area (Å²) in [5.74, 6) is 2.88. The molecule has 0 heterocycles. The summed E-state index contributed by atoms with van der Waals surface area (Å²) in [5, 5.41) is 3.73. The maximum absolute atomic E-state index is 5.49. The van der Waals surface area contributed by atoms with E-state index in [0.29, 0.717) is 6.61 Å². The first-order valence-corrected chi connectivity index (χ1v) is 7.41. The second-order valence-electron chi connectivity index (χ2n) is 5.91. The Labute approximate surface area is 115 Å². The molecule has 2 aliphatic carbocycles. The molecule has 2 bridgehead atoms. The van der Waals surface area contributed by atoms with Gasteiger partial charge >= 0.3 is 0 Å². The van der Waals surface area contributed by atoms with Crippen molar-refractivity contribution in [2.75, 3.05) is 6.61 Å². The van der Waals surface area contributed by atoms with Gasteiger partial charge in [-0.2, -0.15) is 0 Å². The lowest BCUT2D eigenvalue weighted by Gasteiger charge is -2.23. The zero-order valence-electron chi connectivity index (χ0n) is 11.5. The molecule has 0 amide bonds. The van der Waals surface area contributed by atoms with Crippen LogP contribution in [0.5, 0.6) is 5.75 Å². The van der Waals surface area contributed by atoms with Crippen LogP contribution >= 0.6 is 0 Å². The zero-order chi connectivity index (χ0) is 13.1. The molecule has 2 aliphatic rings. The summed E-state index contributed by atoms with van der Waals surface area (Å²) >= 11 is 0. The van der Waals surface area contributed by atoms with Gasteiger partial charge < -0.3 is 10.1 Å². The molecule has 0 radical (unpaired) electrons. The fourth-order valence-electron chi connectivity index (χ4n) is 3.60. The first-order chi connectivity index (χ1) is 9.35. The second kappa shape index (κ2) is 5.79. The lowest BCUT2D eigenvalue weighted by Crippen LogP contribution is -2.33. The second-order valence-corrected chi connectivity index (χ2v) is 5.91. The Morgan fingerprint density at radius 3 is 2.68 bits per heavy atom. The molecule has 102 valence electrons. The average molecular weight is 257 g/mol. The lowest BCUT2D eigenvalue weighted by molar-refractivity contribution is 0.350. The van der Waals surface area contributed by atoms with Crippen LogP contribution in [0.25, 0.3) is 0 Å². The summed E-state index contributed by atoms with van der Waals surface area (Å²) in [4.78, 5) is 0. The number of hydrogen-bond acceptors (Lipinski definition) is 2. The molecular weight excluding hydrogens is 234 g/mol. The van der Waals surface area contributed by atoms with Gasteiger partial charge in [0.05, 0.1) is 0 Å². The monoisotopic (exact) mass is 257 g/mol. The van der Waals surface area contributed by atoms with E-state index in [0.717, 1.165) is 30.2 Å². The van der Waals surface area contributed by atoms with Crippen molar-refractivity contribution in [1.82, 2.24) is 5.32 Å². The number of ether oxygens (including phenoxy) is 1.